The minimum Gasteiger partial charge on any atom is -0.497 e. The molecule has 88 valence electrons. The first-order chi connectivity index (χ1) is 7.60. The van der Waals surface area contributed by atoms with Crippen LogP contribution in [0.15, 0.2) is 18.2 Å². The average Bonchev–Trinajstić information content (AvgIpc) is 3.06. The van der Waals surface area contributed by atoms with Crippen molar-refractivity contribution in [1.29, 1.82) is 0 Å². The zero-order valence-corrected chi connectivity index (χ0v) is 9.69. The molecule has 4 nitrogen and oxygen atoms in total. The molecule has 0 aliphatic heterocycles. The van der Waals surface area contributed by atoms with E-state index < -0.39 is 0 Å². The monoisotopic (exact) mass is 222 g/mol. The van der Waals surface area contributed by atoms with Gasteiger partial charge >= 0.3 is 0 Å². The van der Waals surface area contributed by atoms with Crippen LogP contribution < -0.4 is 20.9 Å². The molecule has 1 aromatic rings. The summed E-state index contributed by atoms with van der Waals surface area (Å²) < 4.78 is 10.5. The Hall–Kier alpha value is -1.26. The number of ether oxygens (including phenoxy) is 2. The van der Waals surface area contributed by atoms with Crippen LogP contribution in [0, 0.1) is 0 Å². The maximum atomic E-state index is 6.16. The van der Waals surface area contributed by atoms with Gasteiger partial charge in [-0.2, -0.15) is 0 Å². The van der Waals surface area contributed by atoms with Gasteiger partial charge in [0.1, 0.15) is 11.5 Å². The van der Waals surface area contributed by atoms with Crippen molar-refractivity contribution >= 4 is 0 Å². The maximum absolute atomic E-state index is 6.16. The summed E-state index contributed by atoms with van der Waals surface area (Å²) >= 11 is 0. The fourth-order valence-corrected chi connectivity index (χ4v) is 1.84. The highest BCUT2D eigenvalue weighted by Gasteiger charge is 2.45. The van der Waals surface area contributed by atoms with E-state index in [9.17, 15) is 0 Å². The summed E-state index contributed by atoms with van der Waals surface area (Å²) in [7, 11) is 3.25. The third-order valence-corrected chi connectivity index (χ3v) is 3.22. The van der Waals surface area contributed by atoms with Crippen LogP contribution >= 0.6 is 0 Å². The predicted molar refractivity (Wildman–Crippen MR) is 62.6 cm³/mol. The predicted octanol–water partition coefficient (Wildman–Crippen LogP) is 1.19. The molecule has 4 N–H and O–H groups in total. The van der Waals surface area contributed by atoms with E-state index in [4.69, 9.17) is 20.9 Å². The van der Waals surface area contributed by atoms with Crippen molar-refractivity contribution < 1.29 is 9.47 Å². The van der Waals surface area contributed by atoms with E-state index >= 15 is 0 Å². The lowest BCUT2D eigenvalue weighted by Gasteiger charge is -2.21. The molecular formula is C12H18N2O2. The number of methoxy groups -OCH3 is 2. The fraction of sp³-hybridized carbons (Fsp3) is 0.500. The Morgan fingerprint density at radius 2 is 1.94 bits per heavy atom. The van der Waals surface area contributed by atoms with E-state index in [-0.39, 0.29) is 11.6 Å². The summed E-state index contributed by atoms with van der Waals surface area (Å²) in [5.74, 6) is 1.50. The Morgan fingerprint density at radius 3 is 2.44 bits per heavy atom. The highest BCUT2D eigenvalue weighted by atomic mass is 16.5. The molecule has 0 radical (unpaired) electrons. The normalized spacial score (nSPS) is 19.0. The van der Waals surface area contributed by atoms with Gasteiger partial charge in [0.25, 0.3) is 0 Å². The standard InChI is InChI=1S/C12H18N2O2/c1-15-8-3-4-9(10(7-8)16-2)11(13)12(14)5-6-12/h3-4,7,11H,5-6,13-14H2,1-2H3. The molecule has 1 saturated carbocycles. The van der Waals surface area contributed by atoms with Crippen LogP contribution in [0.3, 0.4) is 0 Å². The van der Waals surface area contributed by atoms with E-state index in [0.717, 1.165) is 29.9 Å². The topological polar surface area (TPSA) is 70.5 Å². The van der Waals surface area contributed by atoms with Crippen molar-refractivity contribution in [3.63, 3.8) is 0 Å². The number of hydrogen-bond donors (Lipinski definition) is 2. The molecule has 0 spiro atoms. The Kier molecular flexibility index (Phi) is 2.78. The van der Waals surface area contributed by atoms with Crippen molar-refractivity contribution in [2.24, 2.45) is 11.5 Å². The molecule has 1 unspecified atom stereocenters. The molecule has 1 aliphatic carbocycles. The molecule has 2 rings (SSSR count). The van der Waals surface area contributed by atoms with Crippen LogP contribution in [0.1, 0.15) is 24.4 Å². The van der Waals surface area contributed by atoms with Crippen molar-refractivity contribution in [3.05, 3.63) is 23.8 Å². The van der Waals surface area contributed by atoms with Gasteiger partial charge in [-0.25, -0.2) is 0 Å². The zero-order chi connectivity index (χ0) is 11.8. The largest absolute Gasteiger partial charge is 0.497 e. The van der Waals surface area contributed by atoms with Crippen molar-refractivity contribution in [3.8, 4) is 11.5 Å². The van der Waals surface area contributed by atoms with Gasteiger partial charge in [0.05, 0.1) is 20.3 Å². The van der Waals surface area contributed by atoms with Crippen LogP contribution in [0.4, 0.5) is 0 Å². The zero-order valence-electron chi connectivity index (χ0n) is 9.69. The molecule has 0 bridgehead atoms. The molecule has 0 heterocycles. The first kappa shape index (κ1) is 11.2. The van der Waals surface area contributed by atoms with E-state index in [1.165, 1.54) is 0 Å². The Bertz CT molecular complexity index is 389. The van der Waals surface area contributed by atoms with Crippen LogP contribution in [-0.4, -0.2) is 19.8 Å². The highest BCUT2D eigenvalue weighted by Crippen LogP contribution is 2.44. The lowest BCUT2D eigenvalue weighted by molar-refractivity contribution is 0.384. The summed E-state index contributed by atoms with van der Waals surface area (Å²) in [6, 6.07) is 5.47. The summed E-state index contributed by atoms with van der Waals surface area (Å²) in [6.45, 7) is 0. The number of rotatable bonds is 4. The Balaban J connectivity index is 2.32. The second kappa shape index (κ2) is 3.96. The van der Waals surface area contributed by atoms with Gasteiger partial charge in [-0.05, 0) is 18.9 Å². The van der Waals surface area contributed by atoms with Crippen molar-refractivity contribution in [1.82, 2.24) is 0 Å². The van der Waals surface area contributed by atoms with Gasteiger partial charge in [-0.3, -0.25) is 0 Å². The van der Waals surface area contributed by atoms with Crippen LogP contribution in [0.2, 0.25) is 0 Å². The summed E-state index contributed by atoms with van der Waals surface area (Å²) in [5, 5.41) is 0. The van der Waals surface area contributed by atoms with Gasteiger partial charge in [-0.15, -0.1) is 0 Å². The molecule has 0 amide bonds. The first-order valence-electron chi connectivity index (χ1n) is 5.37. The average molecular weight is 222 g/mol. The molecule has 1 aromatic carbocycles. The second-order valence-electron chi connectivity index (χ2n) is 4.32. The minimum atomic E-state index is -0.248. The number of hydrogen-bond acceptors (Lipinski definition) is 4. The molecule has 4 heteroatoms. The van der Waals surface area contributed by atoms with Crippen LogP contribution in [-0.2, 0) is 0 Å². The SMILES string of the molecule is COc1ccc(C(N)C2(N)CC2)c(OC)c1. The smallest absolute Gasteiger partial charge is 0.127 e. The lowest BCUT2D eigenvalue weighted by atomic mass is 9.98. The quantitative estimate of drug-likeness (QED) is 0.803. The maximum Gasteiger partial charge on any atom is 0.127 e. The van der Waals surface area contributed by atoms with E-state index in [1.54, 1.807) is 14.2 Å². The Labute approximate surface area is 95.5 Å². The van der Waals surface area contributed by atoms with Gasteiger partial charge in [0.15, 0.2) is 0 Å². The lowest BCUT2D eigenvalue weighted by Crippen LogP contribution is -2.36. The number of benzene rings is 1. The van der Waals surface area contributed by atoms with Gasteiger partial charge in [0.2, 0.25) is 0 Å². The second-order valence-corrected chi connectivity index (χ2v) is 4.32. The Morgan fingerprint density at radius 1 is 1.25 bits per heavy atom. The first-order valence-corrected chi connectivity index (χ1v) is 5.37. The molecule has 1 fully saturated rings. The highest BCUT2D eigenvalue weighted by molar-refractivity contribution is 5.44. The molecule has 0 saturated heterocycles. The summed E-state index contributed by atoms with van der Waals surface area (Å²) in [5.41, 5.74) is 13.0. The van der Waals surface area contributed by atoms with E-state index in [1.807, 2.05) is 18.2 Å². The van der Waals surface area contributed by atoms with E-state index in [0.29, 0.717) is 0 Å². The van der Waals surface area contributed by atoms with E-state index in [2.05, 4.69) is 0 Å². The van der Waals surface area contributed by atoms with Gasteiger partial charge in [0, 0.05) is 17.2 Å². The summed E-state index contributed by atoms with van der Waals surface area (Å²) in [4.78, 5) is 0. The molecular weight excluding hydrogens is 204 g/mol. The van der Waals surface area contributed by atoms with Gasteiger partial charge in [-0.1, -0.05) is 6.07 Å². The fourth-order valence-electron chi connectivity index (χ4n) is 1.84. The minimum absolute atomic E-state index is 0.173. The van der Waals surface area contributed by atoms with Gasteiger partial charge < -0.3 is 20.9 Å². The van der Waals surface area contributed by atoms with Crippen molar-refractivity contribution in [2.75, 3.05) is 14.2 Å². The molecule has 16 heavy (non-hydrogen) atoms. The van der Waals surface area contributed by atoms with Crippen molar-refractivity contribution in [2.45, 2.75) is 24.4 Å². The summed E-state index contributed by atoms with van der Waals surface area (Å²) in [6.07, 6.45) is 1.95. The third-order valence-electron chi connectivity index (χ3n) is 3.22. The third kappa shape index (κ3) is 1.86. The number of nitrogens with two attached hydrogens (primary N) is 2. The molecule has 0 aromatic heterocycles. The molecule has 1 atom stereocenters. The van der Waals surface area contributed by atoms with Crippen LogP contribution in [0.25, 0.3) is 0 Å². The van der Waals surface area contributed by atoms with Crippen LogP contribution in [0.5, 0.6) is 11.5 Å². The molecule has 1 aliphatic rings.